The van der Waals surface area contributed by atoms with E-state index in [4.69, 9.17) is 15.2 Å². The third kappa shape index (κ3) is 3.79. The van der Waals surface area contributed by atoms with Gasteiger partial charge in [0, 0.05) is 23.1 Å². The standard InChI is InChI=1S/C24H20N8/c1-2-18-6-4-8-20(29-18)24-23(17-9-10-22-27-15-28-32(22)14-17)30-21(31-24)13-26-19-7-3-5-16(11-19)12-25/h3-11,14-15,26H,2,13H2,1H3,(H,30,31). The number of fused-ring (bicyclic) bond motifs is 1. The summed E-state index contributed by atoms with van der Waals surface area (Å²) in [7, 11) is 0. The van der Waals surface area contributed by atoms with Gasteiger partial charge in [-0.15, -0.1) is 0 Å². The van der Waals surface area contributed by atoms with Gasteiger partial charge < -0.3 is 10.3 Å². The van der Waals surface area contributed by atoms with Crippen LogP contribution >= 0.6 is 0 Å². The van der Waals surface area contributed by atoms with Crippen molar-refractivity contribution in [2.24, 2.45) is 0 Å². The second-order valence-corrected chi connectivity index (χ2v) is 7.30. The Balaban J connectivity index is 1.54. The maximum absolute atomic E-state index is 9.13. The number of hydrogen-bond donors (Lipinski definition) is 2. The van der Waals surface area contributed by atoms with E-state index in [0.717, 1.165) is 51.9 Å². The number of anilines is 1. The molecule has 4 aromatic heterocycles. The second kappa shape index (κ2) is 8.32. The number of nitrogens with one attached hydrogen (secondary N) is 2. The Labute approximate surface area is 184 Å². The van der Waals surface area contributed by atoms with Gasteiger partial charge in [-0.25, -0.2) is 14.5 Å². The van der Waals surface area contributed by atoms with Gasteiger partial charge in [-0.3, -0.25) is 4.98 Å². The van der Waals surface area contributed by atoms with E-state index in [0.29, 0.717) is 12.1 Å². The van der Waals surface area contributed by atoms with E-state index >= 15 is 0 Å². The van der Waals surface area contributed by atoms with Crippen LogP contribution in [0.15, 0.2) is 67.1 Å². The van der Waals surface area contributed by atoms with Crippen LogP contribution in [-0.2, 0) is 13.0 Å². The lowest BCUT2D eigenvalue weighted by atomic mass is 10.1. The van der Waals surface area contributed by atoms with E-state index in [2.05, 4.69) is 33.4 Å². The van der Waals surface area contributed by atoms with E-state index < -0.39 is 0 Å². The van der Waals surface area contributed by atoms with Crippen molar-refractivity contribution in [3.63, 3.8) is 0 Å². The average Bonchev–Trinajstić information content (AvgIpc) is 3.49. The summed E-state index contributed by atoms with van der Waals surface area (Å²) in [6.45, 7) is 2.56. The van der Waals surface area contributed by atoms with Crippen LogP contribution in [0, 0.1) is 11.3 Å². The summed E-state index contributed by atoms with van der Waals surface area (Å²) in [5.41, 5.74) is 6.65. The highest BCUT2D eigenvalue weighted by molar-refractivity contribution is 5.77. The number of benzene rings is 1. The molecular weight excluding hydrogens is 400 g/mol. The zero-order valence-electron chi connectivity index (χ0n) is 17.4. The number of aromatic amines is 1. The predicted molar refractivity (Wildman–Crippen MR) is 122 cm³/mol. The molecule has 32 heavy (non-hydrogen) atoms. The van der Waals surface area contributed by atoms with Crippen LogP contribution in [0.5, 0.6) is 0 Å². The smallest absolute Gasteiger partial charge is 0.155 e. The third-order valence-electron chi connectivity index (χ3n) is 5.18. The fourth-order valence-electron chi connectivity index (χ4n) is 3.56. The minimum absolute atomic E-state index is 0.473. The fraction of sp³-hybridized carbons (Fsp3) is 0.125. The minimum atomic E-state index is 0.473. The van der Waals surface area contributed by atoms with Gasteiger partial charge in [-0.2, -0.15) is 10.4 Å². The first-order valence-corrected chi connectivity index (χ1v) is 10.3. The summed E-state index contributed by atoms with van der Waals surface area (Å²) in [5, 5.41) is 16.7. The highest BCUT2D eigenvalue weighted by atomic mass is 15.3. The Kier molecular flexibility index (Phi) is 5.06. The van der Waals surface area contributed by atoms with Crippen molar-refractivity contribution in [1.29, 1.82) is 5.26 Å². The van der Waals surface area contributed by atoms with Gasteiger partial charge in [-0.1, -0.05) is 19.1 Å². The summed E-state index contributed by atoms with van der Waals surface area (Å²) in [6, 6.07) is 19.5. The molecule has 0 saturated heterocycles. The molecule has 0 spiro atoms. The molecule has 0 amide bonds. The zero-order chi connectivity index (χ0) is 21.9. The minimum Gasteiger partial charge on any atom is -0.378 e. The molecule has 0 aliphatic rings. The molecule has 0 aliphatic heterocycles. The van der Waals surface area contributed by atoms with Crippen molar-refractivity contribution in [3.05, 3.63) is 84.2 Å². The lowest BCUT2D eigenvalue weighted by Crippen LogP contribution is -2.01. The van der Waals surface area contributed by atoms with Gasteiger partial charge in [0.05, 0.1) is 35.3 Å². The van der Waals surface area contributed by atoms with Crippen LogP contribution in [0.25, 0.3) is 28.3 Å². The quantitative estimate of drug-likeness (QED) is 0.426. The molecule has 8 nitrogen and oxygen atoms in total. The lowest BCUT2D eigenvalue weighted by Gasteiger charge is -2.05. The van der Waals surface area contributed by atoms with E-state index in [1.165, 1.54) is 6.33 Å². The average molecular weight is 420 g/mol. The number of nitrogens with zero attached hydrogens (tertiary/aromatic N) is 6. The van der Waals surface area contributed by atoms with Crippen molar-refractivity contribution in [2.75, 3.05) is 5.32 Å². The fourth-order valence-corrected chi connectivity index (χ4v) is 3.56. The summed E-state index contributed by atoms with van der Waals surface area (Å²) < 4.78 is 1.73. The van der Waals surface area contributed by atoms with Crippen LogP contribution in [0.1, 0.15) is 24.0 Å². The molecule has 4 heterocycles. The van der Waals surface area contributed by atoms with Crippen LogP contribution < -0.4 is 5.32 Å². The number of aromatic nitrogens is 6. The molecule has 0 aliphatic carbocycles. The number of H-pyrrole nitrogens is 1. The van der Waals surface area contributed by atoms with E-state index in [1.807, 2.05) is 54.7 Å². The lowest BCUT2D eigenvalue weighted by molar-refractivity contribution is 0.960. The number of imidazole rings is 1. The van der Waals surface area contributed by atoms with Gasteiger partial charge >= 0.3 is 0 Å². The summed E-state index contributed by atoms with van der Waals surface area (Å²) in [6.07, 6.45) is 4.30. The molecule has 0 unspecified atom stereocenters. The van der Waals surface area contributed by atoms with Crippen LogP contribution in [0.4, 0.5) is 5.69 Å². The molecule has 5 aromatic rings. The van der Waals surface area contributed by atoms with Crippen LogP contribution in [-0.4, -0.2) is 29.5 Å². The predicted octanol–water partition coefficient (Wildman–Crippen LogP) is 4.23. The molecule has 5 rings (SSSR count). The van der Waals surface area contributed by atoms with Crippen LogP contribution in [0.3, 0.4) is 0 Å². The SMILES string of the molecule is CCc1cccc(-c2[nH]c(CNc3cccc(C#N)c3)nc2-c2ccc3ncnn3c2)n1. The molecular formula is C24H20N8. The summed E-state index contributed by atoms with van der Waals surface area (Å²) in [5.74, 6) is 0.764. The highest BCUT2D eigenvalue weighted by Gasteiger charge is 2.16. The third-order valence-corrected chi connectivity index (χ3v) is 5.18. The van der Waals surface area contributed by atoms with Crippen molar-refractivity contribution >= 4 is 11.3 Å². The second-order valence-electron chi connectivity index (χ2n) is 7.30. The first-order chi connectivity index (χ1) is 15.7. The van der Waals surface area contributed by atoms with Gasteiger partial charge in [0.1, 0.15) is 12.2 Å². The monoisotopic (exact) mass is 420 g/mol. The maximum atomic E-state index is 9.13. The largest absolute Gasteiger partial charge is 0.378 e. The molecule has 0 radical (unpaired) electrons. The Bertz CT molecular complexity index is 1440. The molecule has 0 saturated carbocycles. The molecule has 156 valence electrons. The van der Waals surface area contributed by atoms with E-state index in [-0.39, 0.29) is 0 Å². The van der Waals surface area contributed by atoms with Crippen molar-refractivity contribution in [1.82, 2.24) is 29.5 Å². The Morgan fingerprint density at radius 3 is 2.88 bits per heavy atom. The Hall–Kier alpha value is -4.51. The molecule has 1 aromatic carbocycles. The van der Waals surface area contributed by atoms with E-state index in [9.17, 15) is 0 Å². The van der Waals surface area contributed by atoms with Gasteiger partial charge in [-0.05, 0) is 48.9 Å². The summed E-state index contributed by atoms with van der Waals surface area (Å²) in [4.78, 5) is 17.3. The number of nitriles is 1. The number of rotatable bonds is 6. The van der Waals surface area contributed by atoms with Crippen molar-refractivity contribution < 1.29 is 0 Å². The summed E-state index contributed by atoms with van der Waals surface area (Å²) >= 11 is 0. The topological polar surface area (TPSA) is 108 Å². The molecule has 0 atom stereocenters. The highest BCUT2D eigenvalue weighted by Crippen LogP contribution is 2.29. The maximum Gasteiger partial charge on any atom is 0.155 e. The Morgan fingerprint density at radius 2 is 2.00 bits per heavy atom. The number of hydrogen-bond acceptors (Lipinski definition) is 6. The number of aryl methyl sites for hydroxylation is 1. The van der Waals surface area contributed by atoms with Gasteiger partial charge in [0.2, 0.25) is 0 Å². The van der Waals surface area contributed by atoms with Crippen molar-refractivity contribution in [2.45, 2.75) is 19.9 Å². The first kappa shape index (κ1) is 19.5. The Morgan fingerprint density at radius 1 is 1.09 bits per heavy atom. The van der Waals surface area contributed by atoms with Gasteiger partial charge in [0.25, 0.3) is 0 Å². The first-order valence-electron chi connectivity index (χ1n) is 10.3. The molecule has 0 fully saturated rings. The van der Waals surface area contributed by atoms with Crippen molar-refractivity contribution in [3.8, 4) is 28.7 Å². The molecule has 2 N–H and O–H groups in total. The number of pyridine rings is 2. The molecule has 0 bridgehead atoms. The van der Waals surface area contributed by atoms with Gasteiger partial charge in [0.15, 0.2) is 5.65 Å². The van der Waals surface area contributed by atoms with E-state index in [1.54, 1.807) is 10.6 Å². The van der Waals surface area contributed by atoms with Crippen LogP contribution in [0.2, 0.25) is 0 Å². The zero-order valence-corrected chi connectivity index (χ0v) is 17.4. The normalized spacial score (nSPS) is 10.9. The molecule has 8 heteroatoms.